The summed E-state index contributed by atoms with van der Waals surface area (Å²) in [5.74, 6) is 0. The molecule has 2 aromatic carbocycles. The molecule has 0 aromatic heterocycles. The summed E-state index contributed by atoms with van der Waals surface area (Å²) in [6.07, 6.45) is 0. The van der Waals surface area contributed by atoms with Crippen molar-refractivity contribution in [2.24, 2.45) is 0 Å². The van der Waals surface area contributed by atoms with Gasteiger partial charge in [0.1, 0.15) is 0 Å². The fourth-order valence-electron chi connectivity index (χ4n) is 2.94. The lowest BCUT2D eigenvalue weighted by molar-refractivity contribution is -0.0274. The van der Waals surface area contributed by atoms with Gasteiger partial charge >= 0.3 is 0 Å². The minimum atomic E-state index is -0.360. The molecule has 0 N–H and O–H groups in total. The Morgan fingerprint density at radius 1 is 1.04 bits per heavy atom. The molecule has 0 spiro atoms. The quantitative estimate of drug-likeness (QED) is 0.584. The van der Waals surface area contributed by atoms with E-state index in [1.165, 1.54) is 5.69 Å². The van der Waals surface area contributed by atoms with Crippen molar-refractivity contribution in [1.82, 2.24) is 0 Å². The van der Waals surface area contributed by atoms with Crippen molar-refractivity contribution in [3.8, 4) is 23.3 Å². The summed E-state index contributed by atoms with van der Waals surface area (Å²) in [6.45, 7) is 4.14. The Morgan fingerprint density at radius 2 is 1.74 bits per heavy atom. The first-order chi connectivity index (χ1) is 11.0. The second-order valence-electron chi connectivity index (χ2n) is 6.12. The number of hydrogen-bond acceptors (Lipinski definition) is 5. The summed E-state index contributed by atoms with van der Waals surface area (Å²) in [4.78, 5) is 0. The van der Waals surface area contributed by atoms with E-state index in [2.05, 4.69) is 42.4 Å². The number of rotatable bonds is 1. The molecule has 2 heterocycles. The lowest BCUT2D eigenvalue weighted by Gasteiger charge is -2.32. The van der Waals surface area contributed by atoms with Crippen molar-refractivity contribution in [3.63, 3.8) is 0 Å². The van der Waals surface area contributed by atoms with Gasteiger partial charge in [0.2, 0.25) is 5.56 Å². The Labute approximate surface area is 139 Å². The molecular formula is C18H13N3OS. The highest BCUT2D eigenvalue weighted by molar-refractivity contribution is 8.08. The average Bonchev–Trinajstić information content (AvgIpc) is 3.32. The van der Waals surface area contributed by atoms with E-state index in [1.807, 2.05) is 18.2 Å². The smallest absolute Gasteiger partial charge is 0.208 e. The topological polar surface area (TPSA) is 59.8 Å². The molecule has 112 valence electrons. The van der Waals surface area contributed by atoms with Gasteiger partial charge in [0.25, 0.3) is 0 Å². The van der Waals surface area contributed by atoms with Crippen LogP contribution in [0.1, 0.15) is 30.5 Å². The molecule has 2 aromatic rings. The molecule has 0 aliphatic carbocycles. The van der Waals surface area contributed by atoms with Crippen LogP contribution in [0.15, 0.2) is 36.4 Å². The van der Waals surface area contributed by atoms with Gasteiger partial charge in [-0.05, 0) is 55.3 Å². The first-order valence-electron chi connectivity index (χ1n) is 7.26. The lowest BCUT2D eigenvalue weighted by atomic mass is 9.90. The van der Waals surface area contributed by atoms with Crippen molar-refractivity contribution in [2.75, 3.05) is 4.31 Å². The summed E-state index contributed by atoms with van der Waals surface area (Å²) in [7, 11) is 0. The van der Waals surface area contributed by atoms with Crippen LogP contribution >= 0.6 is 11.9 Å². The Balaban J connectivity index is 1.86. The molecule has 0 saturated carbocycles. The number of anilines is 1. The van der Waals surface area contributed by atoms with Gasteiger partial charge in [0.15, 0.2) is 0 Å². The standard InChI is InChI=1S/C18H13N3OS/c1-18(2)15-8-13(3-4-16(15)21-17(22-18)23-21)14-6-11(9-19)5-12(7-14)10-20/h3-8,17H,1-2H3. The van der Waals surface area contributed by atoms with Gasteiger partial charge in [-0.15, -0.1) is 0 Å². The molecule has 4 rings (SSSR count). The molecule has 1 unspecified atom stereocenters. The van der Waals surface area contributed by atoms with Crippen molar-refractivity contribution >= 4 is 17.6 Å². The maximum Gasteiger partial charge on any atom is 0.208 e. The number of nitriles is 2. The van der Waals surface area contributed by atoms with Gasteiger partial charge in [-0.25, -0.2) is 0 Å². The van der Waals surface area contributed by atoms with Crippen LogP contribution in [0.3, 0.4) is 0 Å². The van der Waals surface area contributed by atoms with Gasteiger partial charge in [-0.3, -0.25) is 4.31 Å². The second kappa shape index (κ2) is 4.76. The Morgan fingerprint density at radius 3 is 2.39 bits per heavy atom. The van der Waals surface area contributed by atoms with Crippen molar-refractivity contribution in [1.29, 1.82) is 10.5 Å². The summed E-state index contributed by atoms with van der Waals surface area (Å²) in [5, 5.41) is 18.3. The zero-order chi connectivity index (χ0) is 16.2. The molecule has 4 nitrogen and oxygen atoms in total. The Kier molecular flexibility index (Phi) is 2.93. The number of fused-ring (bicyclic) bond motifs is 3. The fourth-order valence-corrected chi connectivity index (χ4v) is 3.79. The molecule has 0 bridgehead atoms. The summed E-state index contributed by atoms with van der Waals surface area (Å²) >= 11 is 1.68. The second-order valence-corrected chi connectivity index (χ2v) is 7.13. The van der Waals surface area contributed by atoms with Crippen LogP contribution in [0, 0.1) is 22.7 Å². The van der Waals surface area contributed by atoms with Crippen LogP contribution in [0.25, 0.3) is 11.1 Å². The van der Waals surface area contributed by atoms with E-state index in [0.29, 0.717) is 11.1 Å². The van der Waals surface area contributed by atoms with Gasteiger partial charge in [0, 0.05) is 17.5 Å². The molecule has 1 saturated heterocycles. The molecule has 1 fully saturated rings. The first-order valence-corrected chi connectivity index (χ1v) is 8.09. The van der Waals surface area contributed by atoms with E-state index < -0.39 is 0 Å². The molecule has 2 aliphatic rings. The summed E-state index contributed by atoms with van der Waals surface area (Å²) in [5.41, 5.74) is 4.91. The van der Waals surface area contributed by atoms with Crippen molar-refractivity contribution < 1.29 is 4.74 Å². The molecule has 0 radical (unpaired) electrons. The third-order valence-corrected chi connectivity index (χ3v) is 5.04. The molecule has 0 amide bonds. The molecule has 23 heavy (non-hydrogen) atoms. The van der Waals surface area contributed by atoms with E-state index in [1.54, 1.807) is 18.0 Å². The van der Waals surface area contributed by atoms with Crippen LogP contribution in [0.4, 0.5) is 5.69 Å². The predicted molar refractivity (Wildman–Crippen MR) is 89.3 cm³/mol. The highest BCUT2D eigenvalue weighted by Crippen LogP contribution is 2.56. The normalized spacial score (nSPS) is 20.0. The van der Waals surface area contributed by atoms with Crippen LogP contribution < -0.4 is 4.31 Å². The highest BCUT2D eigenvalue weighted by Gasteiger charge is 2.49. The van der Waals surface area contributed by atoms with E-state index in [4.69, 9.17) is 15.3 Å². The van der Waals surface area contributed by atoms with Gasteiger partial charge in [-0.1, -0.05) is 6.07 Å². The minimum absolute atomic E-state index is 0.121. The van der Waals surface area contributed by atoms with Crippen LogP contribution in [-0.2, 0) is 10.3 Å². The monoisotopic (exact) mass is 319 g/mol. The number of hydrogen-bond donors (Lipinski definition) is 0. The van der Waals surface area contributed by atoms with Gasteiger partial charge < -0.3 is 4.74 Å². The maximum absolute atomic E-state index is 9.16. The fraction of sp³-hybridized carbons (Fsp3) is 0.222. The largest absolute Gasteiger partial charge is 0.336 e. The van der Waals surface area contributed by atoms with Gasteiger partial charge in [0.05, 0.1) is 34.6 Å². The lowest BCUT2D eigenvalue weighted by Crippen LogP contribution is -2.30. The van der Waals surface area contributed by atoms with Crippen molar-refractivity contribution in [2.45, 2.75) is 25.0 Å². The average molecular weight is 319 g/mol. The molecular weight excluding hydrogens is 306 g/mol. The number of benzene rings is 2. The highest BCUT2D eigenvalue weighted by atomic mass is 32.2. The van der Waals surface area contributed by atoms with E-state index >= 15 is 0 Å². The SMILES string of the molecule is CC1(C)OC2SN2c2ccc(-c3cc(C#N)cc(C#N)c3)cc21. The van der Waals surface area contributed by atoms with Gasteiger partial charge in [-0.2, -0.15) is 10.5 Å². The predicted octanol–water partition coefficient (Wildman–Crippen LogP) is 4.11. The van der Waals surface area contributed by atoms with E-state index in [0.717, 1.165) is 16.7 Å². The number of ether oxygens (including phenoxy) is 1. The third kappa shape index (κ3) is 2.26. The minimum Gasteiger partial charge on any atom is -0.336 e. The summed E-state index contributed by atoms with van der Waals surface area (Å²) < 4.78 is 8.19. The molecule has 5 heteroatoms. The van der Waals surface area contributed by atoms with Crippen LogP contribution in [-0.4, -0.2) is 5.56 Å². The van der Waals surface area contributed by atoms with E-state index in [9.17, 15) is 0 Å². The number of nitrogens with zero attached hydrogens (tertiary/aromatic N) is 3. The zero-order valence-corrected chi connectivity index (χ0v) is 13.5. The Bertz CT molecular complexity index is 875. The molecule has 1 atom stereocenters. The summed E-state index contributed by atoms with van der Waals surface area (Å²) in [6, 6.07) is 15.7. The van der Waals surface area contributed by atoms with Crippen molar-refractivity contribution in [3.05, 3.63) is 53.1 Å². The third-order valence-electron chi connectivity index (χ3n) is 4.15. The zero-order valence-electron chi connectivity index (χ0n) is 12.7. The van der Waals surface area contributed by atoms with E-state index in [-0.39, 0.29) is 11.2 Å². The Hall–Kier alpha value is -2.47. The van der Waals surface area contributed by atoms with Crippen LogP contribution in [0.5, 0.6) is 0 Å². The maximum atomic E-state index is 9.16. The molecule has 2 aliphatic heterocycles. The first kappa shape index (κ1) is 14.1. The van der Waals surface area contributed by atoms with Crippen LogP contribution in [0.2, 0.25) is 0 Å².